The van der Waals surface area contributed by atoms with E-state index in [2.05, 4.69) is 38.1 Å². The van der Waals surface area contributed by atoms with Crippen LogP contribution in [0.2, 0.25) is 0 Å². The van der Waals surface area contributed by atoms with Crippen molar-refractivity contribution in [1.82, 2.24) is 4.90 Å². The average Bonchev–Trinajstić information content (AvgIpc) is 2.70. The molecule has 0 bridgehead atoms. The molecule has 0 unspecified atom stereocenters. The number of alkyl halides is 1. The van der Waals surface area contributed by atoms with E-state index in [1.807, 2.05) is 43.3 Å². The second kappa shape index (κ2) is 9.43. The number of rotatable bonds is 6. The van der Waals surface area contributed by atoms with E-state index in [9.17, 15) is 4.79 Å². The molecule has 0 spiro atoms. The van der Waals surface area contributed by atoms with Gasteiger partial charge in [-0.05, 0) is 61.9 Å². The Morgan fingerprint density at radius 2 is 1.89 bits per heavy atom. The van der Waals surface area contributed by atoms with Crippen LogP contribution in [0, 0.1) is 6.92 Å². The summed E-state index contributed by atoms with van der Waals surface area (Å²) in [7, 11) is 3.82. The zero-order valence-electron chi connectivity index (χ0n) is 16.8. The van der Waals surface area contributed by atoms with Gasteiger partial charge in [0, 0.05) is 42.8 Å². The van der Waals surface area contributed by atoms with Gasteiger partial charge in [0.25, 0.3) is 5.91 Å². The number of amides is 1. The molecule has 5 nitrogen and oxygen atoms in total. The van der Waals surface area contributed by atoms with E-state index >= 15 is 0 Å². The van der Waals surface area contributed by atoms with Gasteiger partial charge >= 0.3 is 0 Å². The Kier molecular flexibility index (Phi) is 6.97. The molecule has 0 aliphatic carbocycles. The van der Waals surface area contributed by atoms with Crippen LogP contribution >= 0.6 is 15.9 Å². The van der Waals surface area contributed by atoms with Crippen LogP contribution in [0.25, 0.3) is 0 Å². The minimum atomic E-state index is -0.0945. The first-order chi connectivity index (χ1) is 13.5. The SMILES string of the molecule is COc1ccc(NC(=O)c2ccc(CCBr)c(C)c2)cc1N1CCN(C)CC1. The summed E-state index contributed by atoms with van der Waals surface area (Å²) in [5.41, 5.74) is 4.88. The summed E-state index contributed by atoms with van der Waals surface area (Å²) in [6, 6.07) is 11.7. The molecule has 1 saturated heterocycles. The number of hydrogen-bond donors (Lipinski definition) is 1. The summed E-state index contributed by atoms with van der Waals surface area (Å²) in [5.74, 6) is 0.737. The van der Waals surface area contributed by atoms with Gasteiger partial charge in [-0.1, -0.05) is 22.0 Å². The summed E-state index contributed by atoms with van der Waals surface area (Å²) < 4.78 is 5.55. The zero-order valence-corrected chi connectivity index (χ0v) is 18.4. The second-order valence-electron chi connectivity index (χ2n) is 7.21. The van der Waals surface area contributed by atoms with E-state index in [4.69, 9.17) is 4.74 Å². The molecule has 1 aliphatic rings. The highest BCUT2D eigenvalue weighted by molar-refractivity contribution is 9.09. The van der Waals surface area contributed by atoms with E-state index in [-0.39, 0.29) is 5.91 Å². The number of hydrogen-bond acceptors (Lipinski definition) is 4. The van der Waals surface area contributed by atoms with Gasteiger partial charge in [0.05, 0.1) is 12.8 Å². The lowest BCUT2D eigenvalue weighted by Gasteiger charge is -2.35. The fourth-order valence-electron chi connectivity index (χ4n) is 3.48. The number of aryl methyl sites for hydroxylation is 2. The molecule has 150 valence electrons. The van der Waals surface area contributed by atoms with Crippen LogP contribution in [0.5, 0.6) is 5.75 Å². The van der Waals surface area contributed by atoms with Gasteiger partial charge in [0.1, 0.15) is 5.75 Å². The van der Waals surface area contributed by atoms with Crippen molar-refractivity contribution in [2.24, 2.45) is 0 Å². The standard InChI is InChI=1S/C22H28BrN3O2/c1-16-14-18(5-4-17(16)8-9-23)22(27)24-19-6-7-21(28-3)20(15-19)26-12-10-25(2)11-13-26/h4-7,14-15H,8-13H2,1-3H3,(H,24,27). The fourth-order valence-corrected chi connectivity index (χ4v) is 3.91. The third-order valence-electron chi connectivity index (χ3n) is 5.25. The van der Waals surface area contributed by atoms with E-state index in [0.29, 0.717) is 5.56 Å². The van der Waals surface area contributed by atoms with Crippen LogP contribution in [0.4, 0.5) is 11.4 Å². The van der Waals surface area contributed by atoms with Crippen molar-refractivity contribution < 1.29 is 9.53 Å². The molecule has 0 saturated carbocycles. The summed E-state index contributed by atoms with van der Waals surface area (Å²) in [5, 5.41) is 3.95. The van der Waals surface area contributed by atoms with E-state index in [1.54, 1.807) is 7.11 Å². The summed E-state index contributed by atoms with van der Waals surface area (Å²) in [6.45, 7) is 5.96. The molecular formula is C22H28BrN3O2. The Bertz CT molecular complexity index is 833. The molecule has 6 heteroatoms. The zero-order chi connectivity index (χ0) is 20.1. The van der Waals surface area contributed by atoms with Gasteiger partial charge in [-0.15, -0.1) is 0 Å². The summed E-state index contributed by atoms with van der Waals surface area (Å²) in [4.78, 5) is 17.4. The minimum absolute atomic E-state index is 0.0945. The Hall–Kier alpha value is -2.05. The lowest BCUT2D eigenvalue weighted by molar-refractivity contribution is 0.102. The third-order valence-corrected chi connectivity index (χ3v) is 5.65. The number of ether oxygens (including phenoxy) is 1. The maximum absolute atomic E-state index is 12.7. The van der Waals surface area contributed by atoms with E-state index < -0.39 is 0 Å². The van der Waals surface area contributed by atoms with Crippen molar-refractivity contribution >= 4 is 33.2 Å². The van der Waals surface area contributed by atoms with Gasteiger partial charge < -0.3 is 19.9 Å². The largest absolute Gasteiger partial charge is 0.495 e. The number of nitrogens with one attached hydrogen (secondary N) is 1. The molecule has 28 heavy (non-hydrogen) atoms. The monoisotopic (exact) mass is 445 g/mol. The lowest BCUT2D eigenvalue weighted by atomic mass is 10.0. The Morgan fingerprint density at radius 3 is 2.54 bits per heavy atom. The number of carbonyl (C=O) groups excluding carboxylic acids is 1. The van der Waals surface area contributed by atoms with Gasteiger partial charge in [-0.25, -0.2) is 0 Å². The molecule has 3 rings (SSSR count). The molecule has 0 atom stereocenters. The average molecular weight is 446 g/mol. The predicted molar refractivity (Wildman–Crippen MR) is 119 cm³/mol. The fraction of sp³-hybridized carbons (Fsp3) is 0.409. The number of anilines is 2. The molecule has 2 aromatic rings. The molecule has 2 aromatic carbocycles. The molecule has 1 N–H and O–H groups in total. The third kappa shape index (κ3) is 4.86. The molecule has 1 fully saturated rings. The number of benzene rings is 2. The summed E-state index contributed by atoms with van der Waals surface area (Å²) in [6.07, 6.45) is 0.959. The van der Waals surface area contributed by atoms with Crippen LogP contribution in [0.3, 0.4) is 0 Å². The maximum atomic E-state index is 12.7. The normalized spacial score (nSPS) is 14.8. The number of likely N-dealkylation sites (N-methyl/N-ethyl adjacent to an activating group) is 1. The second-order valence-corrected chi connectivity index (χ2v) is 8.00. The van der Waals surface area contributed by atoms with Crippen LogP contribution in [-0.4, -0.2) is 56.5 Å². The number of methoxy groups -OCH3 is 1. The topological polar surface area (TPSA) is 44.8 Å². The molecular weight excluding hydrogens is 418 g/mol. The van der Waals surface area contributed by atoms with Crippen molar-refractivity contribution in [3.05, 3.63) is 53.1 Å². The summed E-state index contributed by atoms with van der Waals surface area (Å²) >= 11 is 3.47. The Morgan fingerprint density at radius 1 is 1.14 bits per heavy atom. The van der Waals surface area contributed by atoms with Crippen LogP contribution in [0.15, 0.2) is 36.4 Å². The van der Waals surface area contributed by atoms with Gasteiger partial charge in [-0.2, -0.15) is 0 Å². The van der Waals surface area contributed by atoms with Gasteiger partial charge in [0.2, 0.25) is 0 Å². The molecule has 0 aromatic heterocycles. The number of nitrogens with zero attached hydrogens (tertiary/aromatic N) is 2. The van der Waals surface area contributed by atoms with Crippen LogP contribution in [-0.2, 0) is 6.42 Å². The van der Waals surface area contributed by atoms with Crippen LogP contribution in [0.1, 0.15) is 21.5 Å². The maximum Gasteiger partial charge on any atom is 0.255 e. The molecule has 0 radical (unpaired) electrons. The van der Waals surface area contributed by atoms with Crippen LogP contribution < -0.4 is 15.0 Å². The number of halogens is 1. The highest BCUT2D eigenvalue weighted by Gasteiger charge is 2.18. The highest BCUT2D eigenvalue weighted by Crippen LogP contribution is 2.32. The van der Waals surface area contributed by atoms with Crippen molar-refractivity contribution in [2.75, 3.05) is 55.9 Å². The first-order valence-electron chi connectivity index (χ1n) is 9.60. The first kappa shape index (κ1) is 20.7. The van der Waals surface area contributed by atoms with E-state index in [0.717, 1.165) is 60.6 Å². The molecule has 1 heterocycles. The van der Waals surface area contributed by atoms with Crippen molar-refractivity contribution in [3.63, 3.8) is 0 Å². The molecule has 1 aliphatic heterocycles. The number of carbonyl (C=O) groups is 1. The lowest BCUT2D eigenvalue weighted by Crippen LogP contribution is -2.44. The Balaban J connectivity index is 1.77. The van der Waals surface area contributed by atoms with Gasteiger partial charge in [-0.3, -0.25) is 4.79 Å². The van der Waals surface area contributed by atoms with Crippen molar-refractivity contribution in [1.29, 1.82) is 0 Å². The van der Waals surface area contributed by atoms with Crippen molar-refractivity contribution in [2.45, 2.75) is 13.3 Å². The molecule has 1 amide bonds. The minimum Gasteiger partial charge on any atom is -0.495 e. The number of piperazine rings is 1. The van der Waals surface area contributed by atoms with Crippen molar-refractivity contribution in [3.8, 4) is 5.75 Å². The smallest absolute Gasteiger partial charge is 0.255 e. The quantitative estimate of drug-likeness (QED) is 0.683. The Labute approximate surface area is 175 Å². The first-order valence-corrected chi connectivity index (χ1v) is 10.7. The van der Waals surface area contributed by atoms with E-state index in [1.165, 1.54) is 5.56 Å². The predicted octanol–water partition coefficient (Wildman–Crippen LogP) is 3.95. The van der Waals surface area contributed by atoms with Gasteiger partial charge in [0.15, 0.2) is 0 Å². The highest BCUT2D eigenvalue weighted by atomic mass is 79.9.